The van der Waals surface area contributed by atoms with E-state index >= 15 is 0 Å². The molecule has 0 saturated carbocycles. The molecule has 160 valence electrons. The Bertz CT molecular complexity index is 872. The van der Waals surface area contributed by atoms with Crippen LogP contribution in [0.1, 0.15) is 22.8 Å². The van der Waals surface area contributed by atoms with Crippen LogP contribution in [0.3, 0.4) is 0 Å². The van der Waals surface area contributed by atoms with Gasteiger partial charge in [-0.1, -0.05) is 30.3 Å². The van der Waals surface area contributed by atoms with Crippen LogP contribution in [0.5, 0.6) is 0 Å². The fourth-order valence-electron chi connectivity index (χ4n) is 3.45. The number of hydrogen-bond donors (Lipinski definition) is 2. The zero-order chi connectivity index (χ0) is 21.5. The Balaban J connectivity index is 1.76. The molecule has 3 rings (SSSR count). The highest BCUT2D eigenvalue weighted by molar-refractivity contribution is 5.96. The zero-order valence-corrected chi connectivity index (χ0v) is 17.0. The molecule has 3 amide bonds. The number of benzene rings is 2. The molecule has 0 spiro atoms. The predicted octanol–water partition coefficient (Wildman–Crippen LogP) is 2.68. The van der Waals surface area contributed by atoms with Crippen LogP contribution in [0.25, 0.3) is 0 Å². The van der Waals surface area contributed by atoms with E-state index in [1.165, 1.54) is 12.1 Å². The lowest BCUT2D eigenvalue weighted by Gasteiger charge is -2.35. The quantitative estimate of drug-likeness (QED) is 0.729. The van der Waals surface area contributed by atoms with Crippen molar-refractivity contribution in [3.63, 3.8) is 0 Å². The van der Waals surface area contributed by atoms with Crippen LogP contribution in [0.4, 0.5) is 14.9 Å². The highest BCUT2D eigenvalue weighted by atomic mass is 19.1. The minimum Gasteiger partial charge on any atom is -0.379 e. The van der Waals surface area contributed by atoms with Gasteiger partial charge >= 0.3 is 6.03 Å². The number of hydrogen-bond acceptors (Lipinski definition) is 4. The molecule has 3 N–H and O–H groups in total. The first-order valence-corrected chi connectivity index (χ1v) is 9.95. The van der Waals surface area contributed by atoms with Gasteiger partial charge in [0.1, 0.15) is 5.82 Å². The monoisotopic (exact) mass is 414 g/mol. The normalized spacial score (nSPS) is 15.4. The van der Waals surface area contributed by atoms with Crippen molar-refractivity contribution < 1.29 is 18.7 Å². The smallest absolute Gasteiger partial charge is 0.322 e. The Morgan fingerprint density at radius 1 is 1.20 bits per heavy atom. The van der Waals surface area contributed by atoms with Crippen LogP contribution in [0.2, 0.25) is 0 Å². The van der Waals surface area contributed by atoms with Gasteiger partial charge in [0.05, 0.1) is 18.8 Å². The zero-order valence-electron chi connectivity index (χ0n) is 17.0. The van der Waals surface area contributed by atoms with E-state index in [0.717, 1.165) is 24.7 Å². The minimum atomic E-state index is -0.884. The van der Waals surface area contributed by atoms with Gasteiger partial charge in [-0.2, -0.15) is 0 Å². The Morgan fingerprint density at radius 2 is 1.90 bits per heavy atom. The summed E-state index contributed by atoms with van der Waals surface area (Å²) in [5, 5.41) is 2.77. The SMILES string of the molecule is CC(CN1CCOCC1)N(Cc1ccccc1)C(=O)Nc1ccc(F)c(C(N)=O)c1. The van der Waals surface area contributed by atoms with Crippen LogP contribution in [0, 0.1) is 5.82 Å². The van der Waals surface area contributed by atoms with Gasteiger partial charge in [0.2, 0.25) is 0 Å². The van der Waals surface area contributed by atoms with Gasteiger partial charge in [-0.25, -0.2) is 9.18 Å². The summed E-state index contributed by atoms with van der Waals surface area (Å²) in [5.74, 6) is -1.60. The Labute approximate surface area is 175 Å². The molecule has 30 heavy (non-hydrogen) atoms. The highest BCUT2D eigenvalue weighted by Crippen LogP contribution is 2.17. The Hall–Kier alpha value is -2.97. The molecule has 7 nitrogen and oxygen atoms in total. The molecule has 1 fully saturated rings. The van der Waals surface area contributed by atoms with E-state index in [0.29, 0.717) is 32.0 Å². The van der Waals surface area contributed by atoms with Crippen molar-refractivity contribution in [1.82, 2.24) is 9.80 Å². The second-order valence-electron chi connectivity index (χ2n) is 7.36. The van der Waals surface area contributed by atoms with Crippen LogP contribution in [0.15, 0.2) is 48.5 Å². The predicted molar refractivity (Wildman–Crippen MR) is 113 cm³/mol. The van der Waals surface area contributed by atoms with Crippen LogP contribution in [-0.2, 0) is 11.3 Å². The Morgan fingerprint density at radius 3 is 2.57 bits per heavy atom. The lowest BCUT2D eigenvalue weighted by atomic mass is 10.1. The number of amides is 3. The number of carbonyl (C=O) groups excluding carboxylic acids is 2. The van der Waals surface area contributed by atoms with Crippen molar-refractivity contribution in [3.05, 3.63) is 65.5 Å². The average Bonchev–Trinajstić information content (AvgIpc) is 2.74. The minimum absolute atomic E-state index is 0.0839. The molecule has 0 aliphatic carbocycles. The number of morpholine rings is 1. The number of anilines is 1. The maximum absolute atomic E-state index is 13.8. The first-order valence-electron chi connectivity index (χ1n) is 9.95. The summed E-state index contributed by atoms with van der Waals surface area (Å²) in [5.41, 5.74) is 6.26. The highest BCUT2D eigenvalue weighted by Gasteiger charge is 2.24. The topological polar surface area (TPSA) is 87.9 Å². The molecule has 0 aromatic heterocycles. The van der Waals surface area contributed by atoms with Gasteiger partial charge in [0, 0.05) is 37.9 Å². The van der Waals surface area contributed by atoms with E-state index in [-0.39, 0.29) is 17.6 Å². The molecule has 1 atom stereocenters. The van der Waals surface area contributed by atoms with E-state index in [1.807, 2.05) is 37.3 Å². The molecule has 1 aliphatic rings. The lowest BCUT2D eigenvalue weighted by molar-refractivity contribution is 0.0277. The van der Waals surface area contributed by atoms with E-state index in [2.05, 4.69) is 10.2 Å². The Kier molecular flexibility index (Phi) is 7.37. The van der Waals surface area contributed by atoms with Crippen molar-refractivity contribution in [2.24, 2.45) is 5.73 Å². The summed E-state index contributed by atoms with van der Waals surface area (Å²) in [7, 11) is 0. The van der Waals surface area contributed by atoms with Gasteiger partial charge in [-0.3, -0.25) is 9.69 Å². The number of nitrogens with two attached hydrogens (primary N) is 1. The molecule has 2 aromatic rings. The molecule has 1 saturated heterocycles. The van der Waals surface area contributed by atoms with E-state index < -0.39 is 11.7 Å². The number of nitrogens with one attached hydrogen (secondary N) is 1. The van der Waals surface area contributed by atoms with Gasteiger partial charge in [0.25, 0.3) is 5.91 Å². The van der Waals surface area contributed by atoms with E-state index in [1.54, 1.807) is 4.90 Å². The molecule has 8 heteroatoms. The summed E-state index contributed by atoms with van der Waals surface area (Å²) in [4.78, 5) is 28.5. The van der Waals surface area contributed by atoms with Crippen LogP contribution >= 0.6 is 0 Å². The van der Waals surface area contributed by atoms with Gasteiger partial charge < -0.3 is 20.7 Å². The standard InChI is InChI=1S/C22H27FN4O3/c1-16(14-26-9-11-30-12-10-26)27(15-17-5-3-2-4-6-17)22(29)25-18-7-8-20(23)19(13-18)21(24)28/h2-8,13,16H,9-12,14-15H2,1H3,(H2,24,28)(H,25,29). The number of carbonyl (C=O) groups is 2. The number of urea groups is 1. The van der Waals surface area contributed by atoms with Crippen LogP contribution < -0.4 is 11.1 Å². The molecule has 1 heterocycles. The second-order valence-corrected chi connectivity index (χ2v) is 7.36. The van der Waals surface area contributed by atoms with Crippen molar-refractivity contribution in [2.75, 3.05) is 38.2 Å². The summed E-state index contributed by atoms with van der Waals surface area (Å²) >= 11 is 0. The molecule has 1 aliphatic heterocycles. The fraction of sp³-hybridized carbons (Fsp3) is 0.364. The number of halogens is 1. The largest absolute Gasteiger partial charge is 0.379 e. The maximum atomic E-state index is 13.8. The lowest BCUT2D eigenvalue weighted by Crippen LogP contribution is -2.49. The molecular formula is C22H27FN4O3. The van der Waals surface area contributed by atoms with Crippen molar-refractivity contribution >= 4 is 17.6 Å². The average molecular weight is 414 g/mol. The number of nitrogens with zero attached hydrogens (tertiary/aromatic N) is 2. The third kappa shape index (κ3) is 5.77. The van der Waals surface area contributed by atoms with Gasteiger partial charge in [-0.05, 0) is 30.7 Å². The van der Waals surface area contributed by atoms with Gasteiger partial charge in [0.15, 0.2) is 0 Å². The van der Waals surface area contributed by atoms with Gasteiger partial charge in [-0.15, -0.1) is 0 Å². The summed E-state index contributed by atoms with van der Waals surface area (Å²) in [6.07, 6.45) is 0. The molecule has 1 unspecified atom stereocenters. The summed E-state index contributed by atoms with van der Waals surface area (Å²) < 4.78 is 19.2. The number of ether oxygens (including phenoxy) is 1. The number of rotatable bonds is 7. The van der Waals surface area contributed by atoms with Crippen LogP contribution in [-0.4, -0.2) is 60.6 Å². The molecule has 0 bridgehead atoms. The maximum Gasteiger partial charge on any atom is 0.322 e. The molecule has 0 radical (unpaired) electrons. The summed E-state index contributed by atoms with van der Waals surface area (Å²) in [6, 6.07) is 13.1. The first-order chi connectivity index (χ1) is 14.4. The van der Waals surface area contributed by atoms with E-state index in [9.17, 15) is 14.0 Å². The fourth-order valence-corrected chi connectivity index (χ4v) is 3.45. The third-order valence-electron chi connectivity index (χ3n) is 5.10. The second kappa shape index (κ2) is 10.2. The van der Waals surface area contributed by atoms with Crippen molar-refractivity contribution in [3.8, 4) is 0 Å². The summed E-state index contributed by atoms with van der Waals surface area (Å²) in [6.45, 7) is 6.14. The third-order valence-corrected chi connectivity index (χ3v) is 5.10. The number of primary amides is 1. The molecular weight excluding hydrogens is 387 g/mol. The van der Waals surface area contributed by atoms with Crippen molar-refractivity contribution in [1.29, 1.82) is 0 Å². The first kappa shape index (κ1) is 21.7. The molecule has 2 aromatic carbocycles. The van der Waals surface area contributed by atoms with Crippen molar-refractivity contribution in [2.45, 2.75) is 19.5 Å². The van der Waals surface area contributed by atoms with E-state index in [4.69, 9.17) is 10.5 Å².